The summed E-state index contributed by atoms with van der Waals surface area (Å²) in [5, 5.41) is 0. The number of primary amides is 1. The highest BCUT2D eigenvalue weighted by molar-refractivity contribution is 5.74. The molecule has 0 unspecified atom stereocenters. The van der Waals surface area contributed by atoms with Crippen LogP contribution in [0.1, 0.15) is 5.56 Å². The van der Waals surface area contributed by atoms with Gasteiger partial charge in [-0.15, -0.1) is 13.2 Å². The van der Waals surface area contributed by atoms with Crippen LogP contribution in [0.3, 0.4) is 0 Å². The second-order valence-electron chi connectivity index (χ2n) is 3.27. The lowest BCUT2D eigenvalue weighted by atomic mass is 10.2. The SMILES string of the molecule is NC(=O)CONCc1cccc(OC(F)(F)F)c1. The van der Waals surface area contributed by atoms with E-state index in [0.29, 0.717) is 5.56 Å². The van der Waals surface area contributed by atoms with E-state index in [1.165, 1.54) is 18.2 Å². The smallest absolute Gasteiger partial charge is 0.406 e. The molecule has 0 aliphatic carbocycles. The quantitative estimate of drug-likeness (QED) is 0.596. The average molecular weight is 264 g/mol. The van der Waals surface area contributed by atoms with Crippen LogP contribution in [0, 0.1) is 0 Å². The highest BCUT2D eigenvalue weighted by Crippen LogP contribution is 2.23. The van der Waals surface area contributed by atoms with Crippen LogP contribution < -0.4 is 16.0 Å². The Balaban J connectivity index is 2.47. The number of carbonyl (C=O) groups is 1. The molecule has 0 spiro atoms. The largest absolute Gasteiger partial charge is 0.573 e. The van der Waals surface area contributed by atoms with Crippen LogP contribution in [0.2, 0.25) is 0 Å². The Morgan fingerprint density at radius 3 is 2.72 bits per heavy atom. The van der Waals surface area contributed by atoms with Crippen LogP contribution in [-0.4, -0.2) is 18.9 Å². The predicted molar refractivity (Wildman–Crippen MR) is 55.1 cm³/mol. The van der Waals surface area contributed by atoms with Gasteiger partial charge in [0.1, 0.15) is 12.4 Å². The first-order valence-electron chi connectivity index (χ1n) is 4.84. The van der Waals surface area contributed by atoms with Crippen LogP contribution in [0.25, 0.3) is 0 Å². The summed E-state index contributed by atoms with van der Waals surface area (Å²) in [6.07, 6.45) is -4.73. The highest BCUT2D eigenvalue weighted by atomic mass is 19.4. The van der Waals surface area contributed by atoms with Gasteiger partial charge in [-0.3, -0.25) is 9.63 Å². The van der Waals surface area contributed by atoms with Crippen molar-refractivity contribution < 1.29 is 27.5 Å². The Kier molecular flexibility index (Phi) is 4.93. The number of amides is 1. The van der Waals surface area contributed by atoms with Crippen molar-refractivity contribution in [3.8, 4) is 5.75 Å². The minimum absolute atomic E-state index is 0.113. The summed E-state index contributed by atoms with van der Waals surface area (Å²) >= 11 is 0. The van der Waals surface area contributed by atoms with Gasteiger partial charge in [0.25, 0.3) is 0 Å². The van der Waals surface area contributed by atoms with E-state index < -0.39 is 12.3 Å². The van der Waals surface area contributed by atoms with Gasteiger partial charge in [0.05, 0.1) is 0 Å². The fourth-order valence-corrected chi connectivity index (χ4v) is 1.11. The Morgan fingerprint density at radius 1 is 1.39 bits per heavy atom. The zero-order valence-corrected chi connectivity index (χ0v) is 9.16. The van der Waals surface area contributed by atoms with Crippen molar-refractivity contribution in [2.75, 3.05) is 6.61 Å². The van der Waals surface area contributed by atoms with E-state index in [-0.39, 0.29) is 18.9 Å². The fourth-order valence-electron chi connectivity index (χ4n) is 1.11. The molecule has 5 nitrogen and oxygen atoms in total. The van der Waals surface area contributed by atoms with Gasteiger partial charge in [-0.05, 0) is 17.7 Å². The standard InChI is InChI=1S/C10H11F3N2O3/c11-10(12,13)18-8-3-1-2-7(4-8)5-15-17-6-9(14)16/h1-4,15H,5-6H2,(H2,14,16). The first kappa shape index (κ1) is 14.3. The molecule has 0 saturated heterocycles. The van der Waals surface area contributed by atoms with Crippen molar-refractivity contribution in [1.82, 2.24) is 5.48 Å². The Labute approximate surface area is 101 Å². The molecule has 3 N–H and O–H groups in total. The first-order valence-corrected chi connectivity index (χ1v) is 4.84. The lowest BCUT2D eigenvalue weighted by molar-refractivity contribution is -0.274. The average Bonchev–Trinajstić information content (AvgIpc) is 2.22. The molecule has 0 aliphatic heterocycles. The number of hydroxylamine groups is 1. The normalized spacial score (nSPS) is 11.3. The summed E-state index contributed by atoms with van der Waals surface area (Å²) in [5.41, 5.74) is 7.70. The van der Waals surface area contributed by atoms with Crippen molar-refractivity contribution in [3.63, 3.8) is 0 Å². The summed E-state index contributed by atoms with van der Waals surface area (Å²) < 4.78 is 39.6. The van der Waals surface area contributed by atoms with E-state index in [4.69, 9.17) is 5.73 Å². The highest BCUT2D eigenvalue weighted by Gasteiger charge is 2.31. The molecule has 100 valence electrons. The molecule has 0 radical (unpaired) electrons. The van der Waals surface area contributed by atoms with E-state index in [0.717, 1.165) is 0 Å². The molecular weight excluding hydrogens is 253 g/mol. The summed E-state index contributed by atoms with van der Waals surface area (Å²) in [5.74, 6) is -0.978. The number of hydrogen-bond acceptors (Lipinski definition) is 4. The molecule has 1 amide bonds. The lowest BCUT2D eigenvalue weighted by Gasteiger charge is -2.10. The second-order valence-corrected chi connectivity index (χ2v) is 3.27. The number of rotatable bonds is 6. The van der Waals surface area contributed by atoms with Gasteiger partial charge >= 0.3 is 6.36 Å². The molecule has 0 aliphatic rings. The van der Waals surface area contributed by atoms with Gasteiger partial charge in [0.15, 0.2) is 0 Å². The Bertz CT molecular complexity index is 410. The van der Waals surface area contributed by atoms with Gasteiger partial charge in [-0.2, -0.15) is 5.48 Å². The van der Waals surface area contributed by atoms with Gasteiger partial charge < -0.3 is 10.5 Å². The van der Waals surface area contributed by atoms with E-state index in [2.05, 4.69) is 15.1 Å². The third-order valence-corrected chi connectivity index (χ3v) is 1.72. The maximum Gasteiger partial charge on any atom is 0.573 e. The van der Waals surface area contributed by atoms with Crippen molar-refractivity contribution in [3.05, 3.63) is 29.8 Å². The van der Waals surface area contributed by atoms with E-state index in [9.17, 15) is 18.0 Å². The zero-order valence-electron chi connectivity index (χ0n) is 9.16. The molecule has 0 saturated carbocycles. The summed E-state index contributed by atoms with van der Waals surface area (Å²) in [4.78, 5) is 15.0. The number of halogens is 3. The van der Waals surface area contributed by atoms with Gasteiger partial charge in [-0.1, -0.05) is 12.1 Å². The Morgan fingerprint density at radius 2 is 2.11 bits per heavy atom. The first-order chi connectivity index (χ1) is 8.37. The monoisotopic (exact) mass is 264 g/mol. The molecule has 0 atom stereocenters. The number of alkyl halides is 3. The molecule has 1 aromatic rings. The molecule has 8 heteroatoms. The molecule has 0 bridgehead atoms. The molecule has 0 aromatic heterocycles. The number of carbonyl (C=O) groups excluding carboxylic acids is 1. The van der Waals surface area contributed by atoms with Crippen molar-refractivity contribution in [2.24, 2.45) is 5.73 Å². The molecule has 18 heavy (non-hydrogen) atoms. The van der Waals surface area contributed by atoms with E-state index in [1.54, 1.807) is 6.07 Å². The van der Waals surface area contributed by atoms with Crippen LogP contribution >= 0.6 is 0 Å². The lowest BCUT2D eigenvalue weighted by Crippen LogP contribution is -2.24. The van der Waals surface area contributed by atoms with Crippen molar-refractivity contribution >= 4 is 5.91 Å². The zero-order chi connectivity index (χ0) is 13.6. The third-order valence-electron chi connectivity index (χ3n) is 1.72. The number of ether oxygens (including phenoxy) is 1. The minimum atomic E-state index is -4.73. The maximum absolute atomic E-state index is 12.0. The molecule has 1 rings (SSSR count). The van der Waals surface area contributed by atoms with Crippen LogP contribution in [0.5, 0.6) is 5.75 Å². The third kappa shape index (κ3) is 6.06. The minimum Gasteiger partial charge on any atom is -0.406 e. The van der Waals surface area contributed by atoms with Gasteiger partial charge in [-0.25, -0.2) is 0 Å². The molecule has 1 aromatic carbocycles. The number of hydrogen-bond donors (Lipinski definition) is 2. The Hall–Kier alpha value is -1.80. The fraction of sp³-hybridized carbons (Fsp3) is 0.300. The van der Waals surface area contributed by atoms with E-state index in [1.807, 2.05) is 0 Å². The summed E-state index contributed by atoms with van der Waals surface area (Å²) in [6.45, 7) is -0.207. The number of nitrogens with two attached hydrogens (primary N) is 1. The summed E-state index contributed by atoms with van der Waals surface area (Å²) in [7, 11) is 0. The van der Waals surface area contributed by atoms with Crippen LogP contribution in [0.4, 0.5) is 13.2 Å². The van der Waals surface area contributed by atoms with E-state index >= 15 is 0 Å². The maximum atomic E-state index is 12.0. The van der Waals surface area contributed by atoms with Crippen molar-refractivity contribution in [1.29, 1.82) is 0 Å². The van der Waals surface area contributed by atoms with Crippen LogP contribution in [-0.2, 0) is 16.2 Å². The molecule has 0 fully saturated rings. The van der Waals surface area contributed by atoms with Gasteiger partial charge in [0, 0.05) is 6.54 Å². The number of benzene rings is 1. The number of nitrogens with one attached hydrogen (secondary N) is 1. The van der Waals surface area contributed by atoms with Crippen molar-refractivity contribution in [2.45, 2.75) is 12.9 Å². The van der Waals surface area contributed by atoms with Crippen LogP contribution in [0.15, 0.2) is 24.3 Å². The predicted octanol–water partition coefficient (Wildman–Crippen LogP) is 1.09. The topological polar surface area (TPSA) is 73.6 Å². The molecular formula is C10H11F3N2O3. The summed E-state index contributed by atoms with van der Waals surface area (Å²) in [6, 6.07) is 5.37. The van der Waals surface area contributed by atoms with Gasteiger partial charge in [0.2, 0.25) is 5.91 Å². The second kappa shape index (κ2) is 6.22. The molecule has 0 heterocycles.